The second-order valence-corrected chi connectivity index (χ2v) is 2.93. The highest BCUT2D eigenvalue weighted by atomic mass is 14.6. The molecule has 0 spiro atoms. The van der Waals surface area contributed by atoms with Crippen LogP contribution in [-0.2, 0) is 6.42 Å². The summed E-state index contributed by atoms with van der Waals surface area (Å²) in [6.07, 6.45) is 2.46. The Morgan fingerprint density at radius 3 is 2.90 bits per heavy atom. The molecule has 1 aromatic rings. The van der Waals surface area contributed by atoms with E-state index in [4.69, 9.17) is 0 Å². The van der Waals surface area contributed by atoms with Crippen LogP contribution in [0.4, 0.5) is 0 Å². The SMILES string of the molecule is [NH3+][C@H]1CCc2ccccc21. The highest BCUT2D eigenvalue weighted by molar-refractivity contribution is 5.32. The van der Waals surface area contributed by atoms with E-state index in [0.29, 0.717) is 6.04 Å². The van der Waals surface area contributed by atoms with Crippen LogP contribution in [0.1, 0.15) is 23.6 Å². The average Bonchev–Trinajstić information content (AvgIpc) is 2.34. The summed E-state index contributed by atoms with van der Waals surface area (Å²) in [7, 11) is 0. The number of quaternary nitrogens is 1. The molecule has 2 rings (SSSR count). The summed E-state index contributed by atoms with van der Waals surface area (Å²) in [5.74, 6) is 0. The van der Waals surface area contributed by atoms with Gasteiger partial charge in [0.1, 0.15) is 6.04 Å². The molecule has 1 atom stereocenters. The molecule has 0 amide bonds. The third-order valence-corrected chi connectivity index (χ3v) is 2.26. The van der Waals surface area contributed by atoms with E-state index in [2.05, 4.69) is 30.0 Å². The molecule has 1 aliphatic rings. The smallest absolute Gasteiger partial charge is 0.111 e. The van der Waals surface area contributed by atoms with Crippen LogP contribution in [0.15, 0.2) is 24.3 Å². The maximum Gasteiger partial charge on any atom is 0.111 e. The van der Waals surface area contributed by atoms with Gasteiger partial charge in [0.05, 0.1) is 0 Å². The van der Waals surface area contributed by atoms with Gasteiger partial charge in [-0.05, 0) is 12.0 Å². The summed E-state index contributed by atoms with van der Waals surface area (Å²) >= 11 is 0. The Kier molecular flexibility index (Phi) is 1.24. The molecule has 3 N–H and O–H groups in total. The molecule has 1 heteroatoms. The van der Waals surface area contributed by atoms with Gasteiger partial charge in [-0.25, -0.2) is 0 Å². The van der Waals surface area contributed by atoms with Crippen molar-refractivity contribution < 1.29 is 5.73 Å². The second-order valence-electron chi connectivity index (χ2n) is 2.93. The zero-order valence-electron chi connectivity index (χ0n) is 6.01. The molecular formula is C9H12N+. The molecule has 10 heavy (non-hydrogen) atoms. The molecule has 0 fully saturated rings. The minimum Gasteiger partial charge on any atom is -0.351 e. The third kappa shape index (κ3) is 0.745. The van der Waals surface area contributed by atoms with Gasteiger partial charge in [0, 0.05) is 12.0 Å². The number of benzene rings is 1. The first-order chi connectivity index (χ1) is 4.88. The van der Waals surface area contributed by atoms with E-state index in [1.165, 1.54) is 24.0 Å². The van der Waals surface area contributed by atoms with Gasteiger partial charge in [0.2, 0.25) is 0 Å². The van der Waals surface area contributed by atoms with Gasteiger partial charge in [0.15, 0.2) is 0 Å². The molecule has 0 aliphatic heterocycles. The Hall–Kier alpha value is -0.820. The van der Waals surface area contributed by atoms with Crippen LogP contribution in [-0.4, -0.2) is 0 Å². The molecule has 0 saturated heterocycles. The Morgan fingerprint density at radius 2 is 2.10 bits per heavy atom. The molecule has 0 heterocycles. The first-order valence-corrected chi connectivity index (χ1v) is 3.79. The van der Waals surface area contributed by atoms with Crippen molar-refractivity contribution in [3.8, 4) is 0 Å². The van der Waals surface area contributed by atoms with Crippen molar-refractivity contribution in [1.82, 2.24) is 0 Å². The minimum absolute atomic E-state index is 0.552. The highest BCUT2D eigenvalue weighted by Crippen LogP contribution is 2.26. The summed E-state index contributed by atoms with van der Waals surface area (Å²) < 4.78 is 0. The molecule has 1 aromatic carbocycles. The predicted molar refractivity (Wildman–Crippen MR) is 40.4 cm³/mol. The van der Waals surface area contributed by atoms with Gasteiger partial charge in [0.25, 0.3) is 0 Å². The molecule has 0 radical (unpaired) electrons. The fourth-order valence-corrected chi connectivity index (χ4v) is 1.65. The number of aryl methyl sites for hydroxylation is 1. The lowest BCUT2D eigenvalue weighted by molar-refractivity contribution is -0.425. The fraction of sp³-hybridized carbons (Fsp3) is 0.333. The zero-order chi connectivity index (χ0) is 6.97. The van der Waals surface area contributed by atoms with Crippen molar-refractivity contribution in [2.75, 3.05) is 0 Å². The van der Waals surface area contributed by atoms with E-state index < -0.39 is 0 Å². The Labute approximate surface area is 60.9 Å². The lowest BCUT2D eigenvalue weighted by Crippen LogP contribution is -2.52. The monoisotopic (exact) mass is 134 g/mol. The van der Waals surface area contributed by atoms with Crippen LogP contribution in [0, 0.1) is 0 Å². The molecule has 0 unspecified atom stereocenters. The normalized spacial score (nSPS) is 22.7. The van der Waals surface area contributed by atoms with E-state index in [1.54, 1.807) is 0 Å². The molecule has 0 aromatic heterocycles. The van der Waals surface area contributed by atoms with Gasteiger partial charge < -0.3 is 5.73 Å². The van der Waals surface area contributed by atoms with E-state index in [0.717, 1.165) is 0 Å². The van der Waals surface area contributed by atoms with Crippen molar-refractivity contribution >= 4 is 0 Å². The van der Waals surface area contributed by atoms with Gasteiger partial charge in [-0.3, -0.25) is 0 Å². The van der Waals surface area contributed by atoms with E-state index >= 15 is 0 Å². The fourth-order valence-electron chi connectivity index (χ4n) is 1.65. The number of hydrogen-bond acceptors (Lipinski definition) is 0. The van der Waals surface area contributed by atoms with Crippen LogP contribution in [0.5, 0.6) is 0 Å². The first kappa shape index (κ1) is 5.93. The number of rotatable bonds is 0. The minimum atomic E-state index is 0.552. The molecule has 1 aliphatic carbocycles. The summed E-state index contributed by atoms with van der Waals surface area (Å²) in [6, 6.07) is 9.16. The van der Waals surface area contributed by atoms with Crippen molar-refractivity contribution in [2.45, 2.75) is 18.9 Å². The summed E-state index contributed by atoms with van der Waals surface area (Å²) in [5, 5.41) is 0. The first-order valence-electron chi connectivity index (χ1n) is 3.79. The predicted octanol–water partition coefficient (Wildman–Crippen LogP) is 0.916. The van der Waals surface area contributed by atoms with Crippen molar-refractivity contribution in [1.29, 1.82) is 0 Å². The van der Waals surface area contributed by atoms with Crippen LogP contribution < -0.4 is 5.73 Å². The van der Waals surface area contributed by atoms with Gasteiger partial charge in [-0.15, -0.1) is 0 Å². The lowest BCUT2D eigenvalue weighted by Gasteiger charge is -1.98. The van der Waals surface area contributed by atoms with E-state index in [9.17, 15) is 0 Å². The van der Waals surface area contributed by atoms with Crippen molar-refractivity contribution in [3.63, 3.8) is 0 Å². The molecule has 52 valence electrons. The van der Waals surface area contributed by atoms with Gasteiger partial charge >= 0.3 is 0 Å². The van der Waals surface area contributed by atoms with Crippen LogP contribution in [0.3, 0.4) is 0 Å². The second kappa shape index (κ2) is 2.10. The maximum atomic E-state index is 4.08. The van der Waals surface area contributed by atoms with Crippen molar-refractivity contribution in [2.24, 2.45) is 0 Å². The van der Waals surface area contributed by atoms with Crippen LogP contribution >= 0.6 is 0 Å². The molecule has 0 saturated carbocycles. The number of fused-ring (bicyclic) bond motifs is 1. The average molecular weight is 134 g/mol. The molecule has 0 bridgehead atoms. The standard InChI is InChI=1S/C9H11N/c10-9-6-5-7-3-1-2-4-8(7)9/h1-4,9H,5-6,10H2/p+1/t9-/m0/s1. The highest BCUT2D eigenvalue weighted by Gasteiger charge is 2.20. The Bertz CT molecular complexity index is 242. The zero-order valence-corrected chi connectivity index (χ0v) is 6.01. The van der Waals surface area contributed by atoms with E-state index in [-0.39, 0.29) is 0 Å². The van der Waals surface area contributed by atoms with Gasteiger partial charge in [-0.2, -0.15) is 0 Å². The maximum absolute atomic E-state index is 4.08. The van der Waals surface area contributed by atoms with Crippen LogP contribution in [0.25, 0.3) is 0 Å². The van der Waals surface area contributed by atoms with Gasteiger partial charge in [-0.1, -0.05) is 24.3 Å². The summed E-state index contributed by atoms with van der Waals surface area (Å²) in [4.78, 5) is 0. The Morgan fingerprint density at radius 1 is 1.30 bits per heavy atom. The third-order valence-electron chi connectivity index (χ3n) is 2.26. The largest absolute Gasteiger partial charge is 0.351 e. The number of hydrogen-bond donors (Lipinski definition) is 1. The van der Waals surface area contributed by atoms with Crippen LogP contribution in [0.2, 0.25) is 0 Å². The Balaban J connectivity index is 2.51. The quantitative estimate of drug-likeness (QED) is 0.546. The van der Waals surface area contributed by atoms with Crippen molar-refractivity contribution in [3.05, 3.63) is 35.4 Å². The van der Waals surface area contributed by atoms with E-state index in [1.807, 2.05) is 0 Å². The summed E-state index contributed by atoms with van der Waals surface area (Å²) in [6.45, 7) is 0. The summed E-state index contributed by atoms with van der Waals surface area (Å²) in [5.41, 5.74) is 7.04. The lowest BCUT2D eigenvalue weighted by atomic mass is 10.1. The molecular weight excluding hydrogens is 122 g/mol. The topological polar surface area (TPSA) is 27.6 Å². The molecule has 1 nitrogen and oxygen atoms in total.